The number of hydrogen-bond donors (Lipinski definition) is 1. The van der Waals surface area contributed by atoms with E-state index in [4.69, 9.17) is 0 Å². The summed E-state index contributed by atoms with van der Waals surface area (Å²) in [6.07, 6.45) is -0.845. The van der Waals surface area contributed by atoms with E-state index in [2.05, 4.69) is 14.7 Å². The lowest BCUT2D eigenvalue weighted by Crippen LogP contribution is -2.49. The van der Waals surface area contributed by atoms with Crippen molar-refractivity contribution in [3.05, 3.63) is 18.1 Å². The smallest absolute Gasteiger partial charge is 0.356 e. The molecule has 1 aromatic heterocycles. The average Bonchev–Trinajstić information content (AvgIpc) is 3.10. The van der Waals surface area contributed by atoms with Gasteiger partial charge in [-0.25, -0.2) is 9.97 Å². The van der Waals surface area contributed by atoms with E-state index in [9.17, 15) is 21.6 Å². The summed E-state index contributed by atoms with van der Waals surface area (Å²) in [6, 6.07) is 0.708. The molecule has 140 valence electrons. The first kappa shape index (κ1) is 18.3. The Morgan fingerprint density at radius 3 is 2.32 bits per heavy atom. The van der Waals surface area contributed by atoms with E-state index in [0.717, 1.165) is 25.2 Å². The maximum Gasteiger partial charge on any atom is 0.433 e. The quantitative estimate of drug-likeness (QED) is 0.856. The summed E-state index contributed by atoms with van der Waals surface area (Å²) >= 11 is 0. The van der Waals surface area contributed by atoms with Gasteiger partial charge in [0.1, 0.15) is 17.8 Å². The number of nitrogens with zero attached hydrogens (tertiary/aromatic N) is 4. The van der Waals surface area contributed by atoms with Crippen molar-refractivity contribution in [1.29, 1.82) is 0 Å². The summed E-state index contributed by atoms with van der Waals surface area (Å²) in [5.41, 5.74) is -0.977. The van der Waals surface area contributed by atoms with E-state index in [0.29, 0.717) is 39.0 Å². The highest BCUT2D eigenvalue weighted by molar-refractivity contribution is 7.87. The fourth-order valence-corrected chi connectivity index (χ4v) is 4.66. The zero-order valence-electron chi connectivity index (χ0n) is 13.5. The second kappa shape index (κ2) is 7.04. The van der Waals surface area contributed by atoms with Crippen molar-refractivity contribution in [1.82, 2.24) is 19.0 Å². The zero-order chi connectivity index (χ0) is 18.1. The summed E-state index contributed by atoms with van der Waals surface area (Å²) in [6.45, 7) is 1.94. The van der Waals surface area contributed by atoms with Gasteiger partial charge in [-0.15, -0.1) is 0 Å². The maximum atomic E-state index is 12.7. The number of nitrogens with one attached hydrogen (secondary N) is 1. The van der Waals surface area contributed by atoms with Crippen LogP contribution in [0.5, 0.6) is 0 Å². The van der Waals surface area contributed by atoms with Gasteiger partial charge in [-0.2, -0.15) is 30.6 Å². The highest BCUT2D eigenvalue weighted by Crippen LogP contribution is 2.29. The minimum atomic E-state index is -4.51. The fraction of sp³-hybridized carbons (Fsp3) is 0.714. The van der Waals surface area contributed by atoms with Gasteiger partial charge in [-0.3, -0.25) is 0 Å². The third-order valence-corrected chi connectivity index (χ3v) is 6.16. The molecular formula is C14H20F3N5O2S. The van der Waals surface area contributed by atoms with Crippen molar-refractivity contribution in [2.24, 2.45) is 0 Å². The van der Waals surface area contributed by atoms with Crippen LogP contribution in [0.25, 0.3) is 0 Å². The van der Waals surface area contributed by atoms with Crippen molar-refractivity contribution in [3.63, 3.8) is 0 Å². The molecule has 0 amide bonds. The van der Waals surface area contributed by atoms with E-state index in [1.807, 2.05) is 0 Å². The van der Waals surface area contributed by atoms with Crippen LogP contribution in [0.3, 0.4) is 0 Å². The Hall–Kier alpha value is -1.46. The Balaban J connectivity index is 1.59. The van der Waals surface area contributed by atoms with E-state index in [1.54, 1.807) is 4.90 Å². The monoisotopic (exact) mass is 379 g/mol. The first-order valence-electron chi connectivity index (χ1n) is 8.17. The molecule has 0 aliphatic carbocycles. The fourth-order valence-electron chi connectivity index (χ4n) is 3.12. The molecule has 2 saturated heterocycles. The van der Waals surface area contributed by atoms with Crippen LogP contribution in [0.2, 0.25) is 0 Å². The maximum absolute atomic E-state index is 12.7. The van der Waals surface area contributed by atoms with Gasteiger partial charge in [0.15, 0.2) is 0 Å². The first-order valence-corrected chi connectivity index (χ1v) is 9.61. The Morgan fingerprint density at radius 1 is 1.08 bits per heavy atom. The summed E-state index contributed by atoms with van der Waals surface area (Å²) < 4.78 is 66.9. The van der Waals surface area contributed by atoms with Crippen LogP contribution in [0, 0.1) is 0 Å². The molecular weight excluding hydrogens is 359 g/mol. The summed E-state index contributed by atoms with van der Waals surface area (Å²) in [7, 11) is -3.48. The lowest BCUT2D eigenvalue weighted by Gasteiger charge is -2.33. The number of piperidine rings is 1. The van der Waals surface area contributed by atoms with Gasteiger partial charge in [-0.1, -0.05) is 0 Å². The molecule has 3 rings (SSSR count). The predicted octanol–water partition coefficient (Wildman–Crippen LogP) is 1.39. The third-order valence-electron chi connectivity index (χ3n) is 4.48. The van der Waals surface area contributed by atoms with E-state index >= 15 is 0 Å². The van der Waals surface area contributed by atoms with Crippen LogP contribution in [-0.2, 0) is 16.4 Å². The second-order valence-corrected chi connectivity index (χ2v) is 7.95. The van der Waals surface area contributed by atoms with Gasteiger partial charge in [0.2, 0.25) is 0 Å². The van der Waals surface area contributed by atoms with Gasteiger partial charge in [0.25, 0.3) is 10.2 Å². The van der Waals surface area contributed by atoms with Crippen LogP contribution < -0.4 is 9.62 Å². The highest BCUT2D eigenvalue weighted by Gasteiger charge is 2.34. The Bertz CT molecular complexity index is 699. The molecule has 0 unspecified atom stereocenters. The third kappa shape index (κ3) is 4.39. The van der Waals surface area contributed by atoms with Crippen molar-refractivity contribution >= 4 is 16.0 Å². The van der Waals surface area contributed by atoms with Crippen molar-refractivity contribution in [3.8, 4) is 0 Å². The highest BCUT2D eigenvalue weighted by atomic mass is 32.2. The molecule has 0 spiro atoms. The van der Waals surface area contributed by atoms with Crippen LogP contribution >= 0.6 is 0 Å². The molecule has 0 bridgehead atoms. The zero-order valence-corrected chi connectivity index (χ0v) is 14.4. The molecule has 1 N–H and O–H groups in total. The van der Waals surface area contributed by atoms with Gasteiger partial charge < -0.3 is 4.90 Å². The standard InChI is InChI=1S/C14H20F3N5O2S/c15-14(16,17)12-9-13(19-10-18-12)21-7-3-11(4-8-21)20-25(23,24)22-5-1-2-6-22/h9-11,20H,1-8H2. The molecule has 2 aliphatic heterocycles. The molecule has 2 fully saturated rings. The molecule has 3 heterocycles. The van der Waals surface area contributed by atoms with Gasteiger partial charge in [-0.05, 0) is 25.7 Å². The Morgan fingerprint density at radius 2 is 1.72 bits per heavy atom. The van der Waals surface area contributed by atoms with Crippen LogP contribution in [-0.4, -0.2) is 54.9 Å². The number of aromatic nitrogens is 2. The lowest BCUT2D eigenvalue weighted by atomic mass is 10.1. The number of alkyl halides is 3. The molecule has 0 radical (unpaired) electrons. The van der Waals surface area contributed by atoms with Crippen molar-refractivity contribution < 1.29 is 21.6 Å². The minimum Gasteiger partial charge on any atom is -0.356 e. The van der Waals surface area contributed by atoms with Gasteiger partial charge >= 0.3 is 6.18 Å². The molecule has 11 heteroatoms. The summed E-state index contributed by atoms with van der Waals surface area (Å²) in [5.74, 6) is 0.211. The first-order chi connectivity index (χ1) is 11.8. The van der Waals surface area contributed by atoms with E-state index < -0.39 is 22.1 Å². The number of hydrogen-bond acceptors (Lipinski definition) is 5. The number of halogens is 3. The topological polar surface area (TPSA) is 78.4 Å². The van der Waals surface area contributed by atoms with Crippen LogP contribution in [0.4, 0.5) is 19.0 Å². The molecule has 0 aromatic carbocycles. The second-order valence-electron chi connectivity index (χ2n) is 6.25. The Kier molecular flexibility index (Phi) is 5.16. The largest absolute Gasteiger partial charge is 0.433 e. The molecule has 2 aliphatic rings. The molecule has 0 saturated carbocycles. The Labute approximate surface area is 144 Å². The van der Waals surface area contributed by atoms with Crippen LogP contribution in [0.1, 0.15) is 31.4 Å². The SMILES string of the molecule is O=S(=O)(NC1CCN(c2cc(C(F)(F)F)ncn2)CC1)N1CCCC1. The minimum absolute atomic E-state index is 0.211. The summed E-state index contributed by atoms with van der Waals surface area (Å²) in [5, 5.41) is 0. The molecule has 0 atom stereocenters. The molecule has 1 aromatic rings. The van der Waals surface area contributed by atoms with Gasteiger partial charge in [0.05, 0.1) is 0 Å². The number of anilines is 1. The van der Waals surface area contributed by atoms with Gasteiger partial charge in [0, 0.05) is 38.3 Å². The molecule has 7 nitrogen and oxygen atoms in total. The van der Waals surface area contributed by atoms with Crippen molar-refractivity contribution in [2.75, 3.05) is 31.1 Å². The number of rotatable bonds is 4. The van der Waals surface area contributed by atoms with Crippen molar-refractivity contribution in [2.45, 2.75) is 37.9 Å². The average molecular weight is 379 g/mol. The lowest BCUT2D eigenvalue weighted by molar-refractivity contribution is -0.141. The molecule has 25 heavy (non-hydrogen) atoms. The van der Waals surface area contributed by atoms with E-state index in [1.165, 1.54) is 4.31 Å². The summed E-state index contributed by atoms with van der Waals surface area (Å²) in [4.78, 5) is 8.88. The van der Waals surface area contributed by atoms with Crippen LogP contribution in [0.15, 0.2) is 12.4 Å². The normalized spacial score (nSPS) is 21.0. The predicted molar refractivity (Wildman–Crippen MR) is 85.1 cm³/mol. The van der Waals surface area contributed by atoms with E-state index in [-0.39, 0.29) is 11.9 Å².